The Bertz CT molecular complexity index is 637. The molecule has 1 aromatic heterocycles. The van der Waals surface area contributed by atoms with Crippen molar-refractivity contribution in [1.29, 1.82) is 0 Å². The average Bonchev–Trinajstić information content (AvgIpc) is 2.85. The summed E-state index contributed by atoms with van der Waals surface area (Å²) in [7, 11) is 0. The van der Waals surface area contributed by atoms with E-state index in [-0.39, 0.29) is 11.6 Å². The van der Waals surface area contributed by atoms with Gasteiger partial charge < -0.3 is 16.2 Å². The number of ketones is 1. The summed E-state index contributed by atoms with van der Waals surface area (Å²) < 4.78 is 5.30. The van der Waals surface area contributed by atoms with Gasteiger partial charge in [0.2, 0.25) is 5.78 Å². The van der Waals surface area contributed by atoms with E-state index in [1.54, 1.807) is 31.2 Å². The van der Waals surface area contributed by atoms with Crippen molar-refractivity contribution in [2.45, 2.75) is 13.0 Å². The zero-order chi connectivity index (χ0) is 14.7. The number of amides is 1. The number of nitrogens with zero attached hydrogens (tertiary/aromatic N) is 1. The molecule has 0 bridgehead atoms. The normalized spacial score (nSPS) is 11.8. The lowest BCUT2D eigenvalue weighted by molar-refractivity contribution is -0.123. The number of rotatable bonds is 5. The van der Waals surface area contributed by atoms with Crippen LogP contribution >= 0.6 is 11.3 Å². The molecule has 0 fully saturated rings. The van der Waals surface area contributed by atoms with Crippen LogP contribution in [0, 0.1) is 0 Å². The largest absolute Gasteiger partial charge is 0.481 e. The minimum absolute atomic E-state index is 0.195. The molecule has 4 N–H and O–H groups in total. The molecule has 1 amide bonds. The Morgan fingerprint density at radius 1 is 1.30 bits per heavy atom. The van der Waals surface area contributed by atoms with E-state index in [4.69, 9.17) is 16.2 Å². The van der Waals surface area contributed by atoms with Gasteiger partial charge in [-0.2, -0.15) is 0 Å². The number of thiazole rings is 1. The quantitative estimate of drug-likeness (QED) is 0.805. The third-order valence-electron chi connectivity index (χ3n) is 2.63. The Labute approximate surface area is 119 Å². The van der Waals surface area contributed by atoms with E-state index in [0.717, 1.165) is 0 Å². The number of aromatic nitrogens is 1. The van der Waals surface area contributed by atoms with E-state index < -0.39 is 12.0 Å². The molecule has 1 unspecified atom stereocenters. The first-order chi connectivity index (χ1) is 9.49. The van der Waals surface area contributed by atoms with Crippen LogP contribution in [0.3, 0.4) is 0 Å². The predicted molar refractivity (Wildman–Crippen MR) is 75.7 cm³/mol. The molecular formula is C13H13N3O3S. The van der Waals surface area contributed by atoms with Gasteiger partial charge in [-0.25, -0.2) is 4.98 Å². The molecule has 0 radical (unpaired) electrons. The van der Waals surface area contributed by atoms with Crippen molar-refractivity contribution in [3.8, 4) is 5.75 Å². The molecule has 0 aliphatic carbocycles. The van der Waals surface area contributed by atoms with Crippen LogP contribution < -0.4 is 16.2 Å². The molecule has 7 heteroatoms. The van der Waals surface area contributed by atoms with Crippen LogP contribution in [0.25, 0.3) is 0 Å². The number of anilines is 1. The zero-order valence-corrected chi connectivity index (χ0v) is 11.5. The lowest BCUT2D eigenvalue weighted by Crippen LogP contribution is -2.30. The number of carbonyl (C=O) groups is 2. The maximum atomic E-state index is 12.1. The van der Waals surface area contributed by atoms with Crippen LogP contribution in [0.4, 0.5) is 5.82 Å². The van der Waals surface area contributed by atoms with Crippen LogP contribution in [0.5, 0.6) is 5.75 Å². The number of carbonyl (C=O) groups excluding carboxylic acids is 2. The molecule has 0 saturated carbocycles. The zero-order valence-electron chi connectivity index (χ0n) is 10.7. The fraction of sp³-hybridized carbons (Fsp3) is 0.154. The first-order valence-corrected chi connectivity index (χ1v) is 6.66. The van der Waals surface area contributed by atoms with Gasteiger partial charge in [0.05, 0.1) is 5.51 Å². The van der Waals surface area contributed by atoms with Gasteiger partial charge in [0.15, 0.2) is 6.10 Å². The van der Waals surface area contributed by atoms with E-state index >= 15 is 0 Å². The Hall–Kier alpha value is -2.41. The lowest BCUT2D eigenvalue weighted by atomic mass is 10.1. The molecule has 0 saturated heterocycles. The van der Waals surface area contributed by atoms with Crippen LogP contribution in [0.1, 0.15) is 22.2 Å². The molecule has 1 atom stereocenters. The summed E-state index contributed by atoms with van der Waals surface area (Å²) in [6.07, 6.45) is -0.728. The summed E-state index contributed by atoms with van der Waals surface area (Å²) in [6, 6.07) is 6.41. The minimum atomic E-state index is -0.728. The van der Waals surface area contributed by atoms with Crippen LogP contribution in [0.2, 0.25) is 0 Å². The maximum Gasteiger partial charge on any atom is 0.258 e. The van der Waals surface area contributed by atoms with Gasteiger partial charge in [-0.15, -0.1) is 11.3 Å². The van der Waals surface area contributed by atoms with Gasteiger partial charge in [0.25, 0.3) is 5.91 Å². The summed E-state index contributed by atoms with van der Waals surface area (Å²) in [4.78, 5) is 27.3. The van der Waals surface area contributed by atoms with E-state index in [0.29, 0.717) is 16.2 Å². The number of nitrogens with two attached hydrogens (primary N) is 2. The van der Waals surface area contributed by atoms with Gasteiger partial charge in [-0.05, 0) is 31.2 Å². The SMILES string of the molecule is CC(Oc1ccc(C(=O)c2scnc2N)cc1)C(N)=O. The fourth-order valence-electron chi connectivity index (χ4n) is 1.50. The van der Waals surface area contributed by atoms with Crippen molar-refractivity contribution in [2.75, 3.05) is 5.73 Å². The van der Waals surface area contributed by atoms with Crippen molar-refractivity contribution in [2.24, 2.45) is 5.73 Å². The standard InChI is InChI=1S/C13H13N3O3S/c1-7(13(15)18)19-9-4-2-8(3-5-9)10(17)11-12(14)16-6-20-11/h2-7H,14H2,1H3,(H2,15,18). The molecule has 0 spiro atoms. The topological polar surface area (TPSA) is 108 Å². The maximum absolute atomic E-state index is 12.1. The number of hydrogen-bond acceptors (Lipinski definition) is 6. The summed E-state index contributed by atoms with van der Waals surface area (Å²) in [5.74, 6) is -0.0603. The molecule has 2 rings (SSSR count). The highest BCUT2D eigenvalue weighted by atomic mass is 32.1. The second-order valence-electron chi connectivity index (χ2n) is 4.08. The van der Waals surface area contributed by atoms with E-state index in [9.17, 15) is 9.59 Å². The summed E-state index contributed by atoms with van der Waals surface area (Å²) >= 11 is 1.19. The summed E-state index contributed by atoms with van der Waals surface area (Å²) in [5.41, 5.74) is 12.7. The third-order valence-corrected chi connectivity index (χ3v) is 3.47. The Morgan fingerprint density at radius 2 is 1.95 bits per heavy atom. The molecule has 2 aromatic rings. The molecule has 0 aliphatic rings. The molecule has 1 aromatic carbocycles. The third kappa shape index (κ3) is 2.94. The fourth-order valence-corrected chi connectivity index (χ4v) is 2.17. The van der Waals surface area contributed by atoms with Crippen LogP contribution in [-0.4, -0.2) is 22.8 Å². The Morgan fingerprint density at radius 3 is 2.45 bits per heavy atom. The highest BCUT2D eigenvalue weighted by molar-refractivity contribution is 7.12. The Balaban J connectivity index is 2.14. The number of hydrogen-bond donors (Lipinski definition) is 2. The second-order valence-corrected chi connectivity index (χ2v) is 4.94. The van der Waals surface area contributed by atoms with Crippen LogP contribution in [-0.2, 0) is 4.79 Å². The highest BCUT2D eigenvalue weighted by Gasteiger charge is 2.15. The molecule has 6 nitrogen and oxygen atoms in total. The van der Waals surface area contributed by atoms with Gasteiger partial charge >= 0.3 is 0 Å². The van der Waals surface area contributed by atoms with Gasteiger partial charge in [-0.1, -0.05) is 0 Å². The van der Waals surface area contributed by atoms with E-state index in [2.05, 4.69) is 4.98 Å². The van der Waals surface area contributed by atoms with Crippen molar-refractivity contribution < 1.29 is 14.3 Å². The Kier molecular flexibility index (Phi) is 3.99. The van der Waals surface area contributed by atoms with Crippen molar-refractivity contribution in [1.82, 2.24) is 4.98 Å². The van der Waals surface area contributed by atoms with Gasteiger partial charge in [0, 0.05) is 5.56 Å². The van der Waals surface area contributed by atoms with E-state index in [1.807, 2.05) is 0 Å². The van der Waals surface area contributed by atoms with Crippen molar-refractivity contribution >= 4 is 28.8 Å². The molecular weight excluding hydrogens is 278 g/mol. The first-order valence-electron chi connectivity index (χ1n) is 5.78. The van der Waals surface area contributed by atoms with E-state index in [1.165, 1.54) is 16.8 Å². The number of ether oxygens (including phenoxy) is 1. The first kappa shape index (κ1) is 14.0. The number of primary amides is 1. The smallest absolute Gasteiger partial charge is 0.258 e. The van der Waals surface area contributed by atoms with Crippen molar-refractivity contribution in [3.63, 3.8) is 0 Å². The lowest BCUT2D eigenvalue weighted by Gasteiger charge is -2.11. The summed E-state index contributed by atoms with van der Waals surface area (Å²) in [6.45, 7) is 1.55. The van der Waals surface area contributed by atoms with Gasteiger partial charge in [0.1, 0.15) is 16.4 Å². The van der Waals surface area contributed by atoms with Gasteiger partial charge in [-0.3, -0.25) is 9.59 Å². The highest BCUT2D eigenvalue weighted by Crippen LogP contribution is 2.21. The molecule has 20 heavy (non-hydrogen) atoms. The molecule has 1 heterocycles. The molecule has 0 aliphatic heterocycles. The van der Waals surface area contributed by atoms with Crippen LogP contribution in [0.15, 0.2) is 29.8 Å². The van der Waals surface area contributed by atoms with Crippen molar-refractivity contribution in [3.05, 3.63) is 40.2 Å². The molecule has 104 valence electrons. The number of nitrogen functional groups attached to an aromatic ring is 1. The monoisotopic (exact) mass is 291 g/mol. The predicted octanol–water partition coefficient (Wildman–Crippen LogP) is 1.21. The average molecular weight is 291 g/mol. The number of benzene rings is 1. The minimum Gasteiger partial charge on any atom is -0.481 e. The summed E-state index contributed by atoms with van der Waals surface area (Å²) in [5, 5.41) is 0. The second kappa shape index (κ2) is 5.70.